The lowest BCUT2D eigenvalue weighted by Crippen LogP contribution is -2.30. The van der Waals surface area contributed by atoms with Crippen molar-refractivity contribution in [2.24, 2.45) is 5.92 Å². The SMILES string of the molecule is CC(C)NC(=O)c1ccc(Cl)c(NC(=O)[C@@H]2C[C@]23CCOc2ccccc23)c1. The van der Waals surface area contributed by atoms with E-state index in [0.717, 1.165) is 24.2 Å². The van der Waals surface area contributed by atoms with Crippen LogP contribution in [0.15, 0.2) is 42.5 Å². The van der Waals surface area contributed by atoms with E-state index in [1.807, 2.05) is 38.1 Å². The molecule has 0 unspecified atom stereocenters. The summed E-state index contributed by atoms with van der Waals surface area (Å²) in [5.74, 6) is 0.486. The van der Waals surface area contributed by atoms with Gasteiger partial charge in [-0.05, 0) is 51.0 Å². The summed E-state index contributed by atoms with van der Waals surface area (Å²) in [7, 11) is 0. The molecule has 0 aromatic heterocycles. The van der Waals surface area contributed by atoms with Gasteiger partial charge in [0.2, 0.25) is 5.91 Å². The van der Waals surface area contributed by atoms with Crippen molar-refractivity contribution in [1.29, 1.82) is 0 Å². The first-order valence-electron chi connectivity index (χ1n) is 9.54. The Morgan fingerprint density at radius 3 is 2.79 bits per heavy atom. The molecule has 5 nitrogen and oxygen atoms in total. The van der Waals surface area contributed by atoms with Crippen LogP contribution in [0.3, 0.4) is 0 Å². The number of carbonyl (C=O) groups excluding carboxylic acids is 2. The summed E-state index contributed by atoms with van der Waals surface area (Å²) in [6, 6.07) is 12.9. The fourth-order valence-corrected chi connectivity index (χ4v) is 4.20. The molecule has 2 aliphatic rings. The van der Waals surface area contributed by atoms with Crippen LogP contribution in [0.25, 0.3) is 0 Å². The van der Waals surface area contributed by atoms with Crippen LogP contribution in [0.2, 0.25) is 5.02 Å². The van der Waals surface area contributed by atoms with Crippen LogP contribution in [0.1, 0.15) is 42.6 Å². The van der Waals surface area contributed by atoms with Crippen molar-refractivity contribution in [2.45, 2.75) is 38.1 Å². The zero-order chi connectivity index (χ0) is 19.9. The molecule has 1 aliphatic heterocycles. The van der Waals surface area contributed by atoms with Crippen LogP contribution in [-0.2, 0) is 10.2 Å². The number of halogens is 1. The molecule has 1 aliphatic carbocycles. The number of nitrogens with one attached hydrogen (secondary N) is 2. The molecule has 1 heterocycles. The lowest BCUT2D eigenvalue weighted by atomic mass is 9.87. The average Bonchev–Trinajstić information content (AvgIpc) is 3.38. The zero-order valence-corrected chi connectivity index (χ0v) is 16.7. The minimum Gasteiger partial charge on any atom is -0.493 e. The molecule has 1 spiro atoms. The number of rotatable bonds is 4. The van der Waals surface area contributed by atoms with Crippen LogP contribution in [0.5, 0.6) is 5.75 Å². The summed E-state index contributed by atoms with van der Waals surface area (Å²) >= 11 is 6.27. The Bertz CT molecular complexity index is 943. The first-order chi connectivity index (χ1) is 13.4. The molecular formula is C22H23ClN2O3. The van der Waals surface area contributed by atoms with Gasteiger partial charge in [0.15, 0.2) is 0 Å². The Hall–Kier alpha value is -2.53. The maximum absolute atomic E-state index is 13.0. The van der Waals surface area contributed by atoms with E-state index in [4.69, 9.17) is 16.3 Å². The van der Waals surface area contributed by atoms with Gasteiger partial charge in [-0.3, -0.25) is 9.59 Å². The summed E-state index contributed by atoms with van der Waals surface area (Å²) in [5, 5.41) is 6.19. The summed E-state index contributed by atoms with van der Waals surface area (Å²) in [4.78, 5) is 25.2. The Morgan fingerprint density at radius 1 is 1.21 bits per heavy atom. The fourth-order valence-electron chi connectivity index (χ4n) is 4.03. The molecule has 0 bridgehead atoms. The van der Waals surface area contributed by atoms with E-state index in [1.54, 1.807) is 18.2 Å². The zero-order valence-electron chi connectivity index (χ0n) is 15.9. The summed E-state index contributed by atoms with van der Waals surface area (Å²) in [6.45, 7) is 4.41. The van der Waals surface area contributed by atoms with Crippen molar-refractivity contribution in [1.82, 2.24) is 5.32 Å². The molecule has 28 heavy (non-hydrogen) atoms. The van der Waals surface area contributed by atoms with Crippen LogP contribution >= 0.6 is 11.6 Å². The van der Waals surface area contributed by atoms with Crippen molar-refractivity contribution in [2.75, 3.05) is 11.9 Å². The maximum atomic E-state index is 13.0. The van der Waals surface area contributed by atoms with Crippen molar-refractivity contribution >= 4 is 29.1 Å². The Balaban J connectivity index is 1.52. The predicted molar refractivity (Wildman–Crippen MR) is 109 cm³/mol. The predicted octanol–water partition coefficient (Wildman–Crippen LogP) is 4.16. The Kier molecular flexibility index (Phi) is 4.79. The van der Waals surface area contributed by atoms with E-state index in [9.17, 15) is 9.59 Å². The van der Waals surface area contributed by atoms with Gasteiger partial charge in [0.25, 0.3) is 5.91 Å². The van der Waals surface area contributed by atoms with Gasteiger partial charge in [-0.15, -0.1) is 0 Å². The molecule has 1 fully saturated rings. The molecule has 1 saturated carbocycles. The lowest BCUT2D eigenvalue weighted by molar-refractivity contribution is -0.117. The Labute approximate surface area is 169 Å². The van der Waals surface area contributed by atoms with Gasteiger partial charge in [0, 0.05) is 28.5 Å². The van der Waals surface area contributed by atoms with Gasteiger partial charge in [-0.25, -0.2) is 0 Å². The van der Waals surface area contributed by atoms with E-state index in [1.165, 1.54) is 0 Å². The summed E-state index contributed by atoms with van der Waals surface area (Å²) in [6.07, 6.45) is 1.62. The number of anilines is 1. The van der Waals surface area contributed by atoms with Crippen LogP contribution in [-0.4, -0.2) is 24.5 Å². The highest BCUT2D eigenvalue weighted by Crippen LogP contribution is 2.60. The number of para-hydroxylation sites is 1. The minimum atomic E-state index is -0.191. The molecule has 146 valence electrons. The highest BCUT2D eigenvalue weighted by atomic mass is 35.5. The van der Waals surface area contributed by atoms with E-state index >= 15 is 0 Å². The van der Waals surface area contributed by atoms with Crippen molar-refractivity contribution < 1.29 is 14.3 Å². The number of benzene rings is 2. The molecule has 0 radical (unpaired) electrons. The minimum absolute atomic E-state index is 0.0288. The quantitative estimate of drug-likeness (QED) is 0.812. The second-order valence-corrected chi connectivity index (χ2v) is 8.23. The van der Waals surface area contributed by atoms with Crippen LogP contribution < -0.4 is 15.4 Å². The third kappa shape index (κ3) is 3.35. The third-order valence-corrected chi connectivity index (χ3v) is 5.86. The van der Waals surface area contributed by atoms with E-state index in [-0.39, 0.29) is 29.2 Å². The van der Waals surface area contributed by atoms with Gasteiger partial charge in [-0.1, -0.05) is 29.8 Å². The molecule has 2 aromatic rings. The highest BCUT2D eigenvalue weighted by molar-refractivity contribution is 6.34. The second-order valence-electron chi connectivity index (χ2n) is 7.82. The molecule has 2 N–H and O–H groups in total. The highest BCUT2D eigenvalue weighted by Gasteiger charge is 2.61. The number of ether oxygens (including phenoxy) is 1. The monoisotopic (exact) mass is 398 g/mol. The average molecular weight is 399 g/mol. The molecule has 6 heteroatoms. The van der Waals surface area contributed by atoms with E-state index < -0.39 is 0 Å². The van der Waals surface area contributed by atoms with Crippen molar-refractivity contribution in [3.05, 3.63) is 58.6 Å². The van der Waals surface area contributed by atoms with Gasteiger partial charge in [0.05, 0.1) is 17.3 Å². The van der Waals surface area contributed by atoms with Gasteiger partial charge < -0.3 is 15.4 Å². The summed E-state index contributed by atoms with van der Waals surface area (Å²) < 4.78 is 5.74. The van der Waals surface area contributed by atoms with Crippen LogP contribution in [0.4, 0.5) is 5.69 Å². The van der Waals surface area contributed by atoms with Gasteiger partial charge >= 0.3 is 0 Å². The number of carbonyl (C=O) groups is 2. The molecule has 2 aromatic carbocycles. The molecule has 2 atom stereocenters. The number of hydrogen-bond acceptors (Lipinski definition) is 3. The van der Waals surface area contributed by atoms with Crippen molar-refractivity contribution in [3.8, 4) is 5.75 Å². The van der Waals surface area contributed by atoms with Gasteiger partial charge in [-0.2, -0.15) is 0 Å². The van der Waals surface area contributed by atoms with E-state index in [0.29, 0.717) is 22.9 Å². The maximum Gasteiger partial charge on any atom is 0.251 e. The first kappa shape index (κ1) is 18.8. The number of fused-ring (bicyclic) bond motifs is 2. The number of amides is 2. The molecule has 0 saturated heterocycles. The smallest absolute Gasteiger partial charge is 0.251 e. The van der Waals surface area contributed by atoms with Crippen LogP contribution in [0, 0.1) is 5.92 Å². The Morgan fingerprint density at radius 2 is 2.00 bits per heavy atom. The van der Waals surface area contributed by atoms with Crippen molar-refractivity contribution in [3.63, 3.8) is 0 Å². The molecule has 2 amide bonds. The first-order valence-corrected chi connectivity index (χ1v) is 9.92. The normalized spacial score (nSPS) is 22.4. The van der Waals surface area contributed by atoms with E-state index in [2.05, 4.69) is 10.6 Å². The molecule has 4 rings (SSSR count). The molecular weight excluding hydrogens is 376 g/mol. The topological polar surface area (TPSA) is 67.4 Å². The second kappa shape index (κ2) is 7.13. The standard InChI is InChI=1S/C22H23ClN2O3/c1-13(2)24-20(26)14-7-8-17(23)18(11-14)25-21(27)16-12-22(16)9-10-28-19-6-4-3-5-15(19)22/h3-8,11,13,16H,9-10,12H2,1-2H3,(H,24,26)(H,25,27)/t16-,22-/m0/s1. The van der Waals surface area contributed by atoms with Gasteiger partial charge in [0.1, 0.15) is 5.75 Å². The number of hydrogen-bond donors (Lipinski definition) is 2. The third-order valence-electron chi connectivity index (χ3n) is 5.53. The largest absolute Gasteiger partial charge is 0.493 e. The summed E-state index contributed by atoms with van der Waals surface area (Å²) in [5.41, 5.74) is 1.89. The lowest BCUT2D eigenvalue weighted by Gasteiger charge is -2.26. The fraction of sp³-hybridized carbons (Fsp3) is 0.364.